The number of rotatable bonds is 5. The summed E-state index contributed by atoms with van der Waals surface area (Å²) >= 11 is 0. The number of β-amino-alcohol motifs (C(OH)–C–C–N with tert-alkyl or cyclic N) is 1. The fourth-order valence-electron chi connectivity index (χ4n) is 3.13. The van der Waals surface area contributed by atoms with Crippen molar-refractivity contribution in [1.82, 2.24) is 15.1 Å². The van der Waals surface area contributed by atoms with Crippen LogP contribution in [0.3, 0.4) is 0 Å². The third kappa shape index (κ3) is 5.00. The molecule has 5 heteroatoms. The molecule has 0 radical (unpaired) electrons. The van der Waals surface area contributed by atoms with E-state index in [1.165, 1.54) is 19.4 Å². The summed E-state index contributed by atoms with van der Waals surface area (Å²) in [4.78, 5) is 4.96. The average molecular weight is 271 g/mol. The van der Waals surface area contributed by atoms with Crippen LogP contribution in [0.15, 0.2) is 0 Å². The minimum atomic E-state index is 0.277. The Morgan fingerprint density at radius 3 is 2.95 bits per heavy atom. The standard InChI is InChI=1S/C14H29N3O2/c1-13(11-14-12-19-10-3-15-14)17-5-2-4-16(6-7-17)8-9-18/h13-15,18H,2-12H2,1H3. The van der Waals surface area contributed by atoms with Gasteiger partial charge in [0.2, 0.25) is 0 Å². The van der Waals surface area contributed by atoms with Crippen LogP contribution in [0.25, 0.3) is 0 Å². The van der Waals surface area contributed by atoms with Crippen molar-refractivity contribution in [3.05, 3.63) is 0 Å². The zero-order valence-electron chi connectivity index (χ0n) is 12.2. The largest absolute Gasteiger partial charge is 0.395 e. The molecule has 0 bridgehead atoms. The van der Waals surface area contributed by atoms with E-state index in [0.717, 1.165) is 45.9 Å². The highest BCUT2D eigenvalue weighted by Crippen LogP contribution is 2.12. The number of nitrogens with one attached hydrogen (secondary N) is 1. The monoisotopic (exact) mass is 271 g/mol. The van der Waals surface area contributed by atoms with Crippen molar-refractivity contribution in [2.75, 3.05) is 59.1 Å². The van der Waals surface area contributed by atoms with Crippen LogP contribution in [0.2, 0.25) is 0 Å². The van der Waals surface area contributed by atoms with Crippen LogP contribution in [-0.2, 0) is 4.74 Å². The molecule has 112 valence electrons. The van der Waals surface area contributed by atoms with Gasteiger partial charge < -0.3 is 15.2 Å². The summed E-state index contributed by atoms with van der Waals surface area (Å²) in [5.41, 5.74) is 0. The third-order valence-corrected chi connectivity index (χ3v) is 4.29. The lowest BCUT2D eigenvalue weighted by Gasteiger charge is -2.32. The van der Waals surface area contributed by atoms with Gasteiger partial charge in [0, 0.05) is 38.3 Å². The van der Waals surface area contributed by atoms with Gasteiger partial charge in [-0.1, -0.05) is 0 Å². The van der Waals surface area contributed by atoms with Crippen molar-refractivity contribution in [3.8, 4) is 0 Å². The van der Waals surface area contributed by atoms with Gasteiger partial charge in [-0.2, -0.15) is 0 Å². The first-order chi connectivity index (χ1) is 9.29. The summed E-state index contributed by atoms with van der Waals surface area (Å²) < 4.78 is 5.53. The highest BCUT2D eigenvalue weighted by molar-refractivity contribution is 4.80. The molecule has 0 aromatic carbocycles. The average Bonchev–Trinajstić information content (AvgIpc) is 2.66. The van der Waals surface area contributed by atoms with Crippen molar-refractivity contribution in [2.45, 2.75) is 31.8 Å². The molecule has 2 atom stereocenters. The molecule has 2 saturated heterocycles. The third-order valence-electron chi connectivity index (χ3n) is 4.29. The first-order valence-corrected chi connectivity index (χ1v) is 7.68. The van der Waals surface area contributed by atoms with E-state index in [1.807, 2.05) is 0 Å². The van der Waals surface area contributed by atoms with E-state index in [0.29, 0.717) is 12.1 Å². The lowest BCUT2D eigenvalue weighted by Crippen LogP contribution is -2.46. The van der Waals surface area contributed by atoms with Crippen LogP contribution in [0.5, 0.6) is 0 Å². The van der Waals surface area contributed by atoms with Crippen molar-refractivity contribution in [3.63, 3.8) is 0 Å². The molecule has 0 aromatic heterocycles. The van der Waals surface area contributed by atoms with E-state index in [4.69, 9.17) is 9.84 Å². The van der Waals surface area contributed by atoms with Gasteiger partial charge in [-0.15, -0.1) is 0 Å². The second-order valence-corrected chi connectivity index (χ2v) is 5.77. The maximum Gasteiger partial charge on any atom is 0.0620 e. The fraction of sp³-hybridized carbons (Fsp3) is 1.00. The van der Waals surface area contributed by atoms with Crippen LogP contribution in [0.4, 0.5) is 0 Å². The maximum atomic E-state index is 9.02. The predicted molar refractivity (Wildman–Crippen MR) is 76.4 cm³/mol. The Labute approximate surface area is 116 Å². The van der Waals surface area contributed by atoms with Gasteiger partial charge in [0.15, 0.2) is 0 Å². The van der Waals surface area contributed by atoms with Crippen molar-refractivity contribution >= 4 is 0 Å². The highest BCUT2D eigenvalue weighted by atomic mass is 16.5. The molecule has 2 unspecified atom stereocenters. The van der Waals surface area contributed by atoms with E-state index in [2.05, 4.69) is 22.0 Å². The highest BCUT2D eigenvalue weighted by Gasteiger charge is 2.22. The van der Waals surface area contributed by atoms with Crippen molar-refractivity contribution in [1.29, 1.82) is 0 Å². The quantitative estimate of drug-likeness (QED) is 0.722. The maximum absolute atomic E-state index is 9.02. The first-order valence-electron chi connectivity index (χ1n) is 7.68. The molecule has 0 saturated carbocycles. The number of nitrogens with zero attached hydrogens (tertiary/aromatic N) is 2. The number of aliphatic hydroxyl groups is 1. The summed E-state index contributed by atoms with van der Waals surface area (Å²) in [5.74, 6) is 0. The van der Waals surface area contributed by atoms with Crippen LogP contribution >= 0.6 is 0 Å². The Balaban J connectivity index is 1.73. The van der Waals surface area contributed by atoms with Crippen LogP contribution in [-0.4, -0.2) is 86.1 Å². The Kier molecular flexibility index (Phi) is 6.53. The van der Waals surface area contributed by atoms with Gasteiger partial charge in [-0.3, -0.25) is 9.80 Å². The topological polar surface area (TPSA) is 48.0 Å². The minimum Gasteiger partial charge on any atom is -0.395 e. The summed E-state index contributed by atoms with van der Waals surface area (Å²) in [5, 5.41) is 12.6. The molecule has 0 aliphatic carbocycles. The Bertz CT molecular complexity index is 247. The minimum absolute atomic E-state index is 0.277. The summed E-state index contributed by atoms with van der Waals surface area (Å²) in [7, 11) is 0. The SMILES string of the molecule is CC(CC1COCCN1)N1CCCN(CCO)CC1. The summed E-state index contributed by atoms with van der Waals surface area (Å²) in [6.45, 7) is 10.6. The smallest absolute Gasteiger partial charge is 0.0620 e. The van der Waals surface area contributed by atoms with E-state index < -0.39 is 0 Å². The fourth-order valence-corrected chi connectivity index (χ4v) is 3.13. The molecule has 2 N–H and O–H groups in total. The van der Waals surface area contributed by atoms with E-state index in [-0.39, 0.29) is 6.61 Å². The van der Waals surface area contributed by atoms with E-state index >= 15 is 0 Å². The first kappa shape index (κ1) is 15.2. The molecule has 0 spiro atoms. The van der Waals surface area contributed by atoms with Crippen LogP contribution in [0.1, 0.15) is 19.8 Å². The van der Waals surface area contributed by atoms with Gasteiger partial charge >= 0.3 is 0 Å². The number of ether oxygens (including phenoxy) is 1. The Hall–Kier alpha value is -0.200. The van der Waals surface area contributed by atoms with E-state index in [9.17, 15) is 0 Å². The summed E-state index contributed by atoms with van der Waals surface area (Å²) in [6.07, 6.45) is 2.37. The van der Waals surface area contributed by atoms with Gasteiger partial charge in [0.05, 0.1) is 19.8 Å². The van der Waals surface area contributed by atoms with Gasteiger partial charge in [-0.05, 0) is 32.9 Å². The van der Waals surface area contributed by atoms with E-state index in [1.54, 1.807) is 0 Å². The molecule has 2 aliphatic rings. The number of morpholine rings is 1. The van der Waals surface area contributed by atoms with Gasteiger partial charge in [-0.25, -0.2) is 0 Å². The zero-order valence-corrected chi connectivity index (χ0v) is 12.2. The lowest BCUT2D eigenvalue weighted by atomic mass is 10.1. The van der Waals surface area contributed by atoms with Crippen molar-refractivity contribution < 1.29 is 9.84 Å². The normalized spacial score (nSPS) is 29.1. The molecule has 19 heavy (non-hydrogen) atoms. The molecule has 0 aromatic rings. The Morgan fingerprint density at radius 1 is 1.32 bits per heavy atom. The molecule has 0 amide bonds. The Morgan fingerprint density at radius 2 is 2.21 bits per heavy atom. The molecule has 5 nitrogen and oxygen atoms in total. The molecule has 2 fully saturated rings. The van der Waals surface area contributed by atoms with Crippen molar-refractivity contribution in [2.24, 2.45) is 0 Å². The molecule has 2 rings (SSSR count). The number of hydrogen-bond donors (Lipinski definition) is 2. The second-order valence-electron chi connectivity index (χ2n) is 5.77. The molecule has 2 aliphatic heterocycles. The second kappa shape index (κ2) is 8.17. The van der Waals surface area contributed by atoms with Gasteiger partial charge in [0.1, 0.15) is 0 Å². The van der Waals surface area contributed by atoms with Crippen LogP contribution in [0, 0.1) is 0 Å². The molecular weight excluding hydrogens is 242 g/mol. The molecule has 2 heterocycles. The predicted octanol–water partition coefficient (Wildman–Crippen LogP) is -0.247. The number of aliphatic hydroxyl groups excluding tert-OH is 1. The number of hydrogen-bond acceptors (Lipinski definition) is 5. The zero-order chi connectivity index (χ0) is 13.5. The lowest BCUT2D eigenvalue weighted by molar-refractivity contribution is 0.0622. The van der Waals surface area contributed by atoms with Crippen LogP contribution < -0.4 is 5.32 Å². The summed E-state index contributed by atoms with van der Waals surface area (Å²) in [6, 6.07) is 1.12. The molecular formula is C14H29N3O2. The van der Waals surface area contributed by atoms with Gasteiger partial charge in [0.25, 0.3) is 0 Å².